The molecule has 3 rings (SSSR count). The molecule has 1 N–H and O–H groups in total. The van der Waals surface area contributed by atoms with Crippen molar-refractivity contribution in [2.75, 3.05) is 18.4 Å². The van der Waals surface area contributed by atoms with Gasteiger partial charge in [-0.25, -0.2) is 0 Å². The molecule has 2 aromatic rings. The van der Waals surface area contributed by atoms with Gasteiger partial charge in [-0.05, 0) is 66.6 Å². The van der Waals surface area contributed by atoms with Crippen molar-refractivity contribution in [1.29, 1.82) is 0 Å². The number of nitrogens with zero attached hydrogens (tertiary/aromatic N) is 1. The van der Waals surface area contributed by atoms with Crippen LogP contribution in [-0.4, -0.2) is 29.8 Å². The van der Waals surface area contributed by atoms with E-state index >= 15 is 0 Å². The number of carbonyl (C=O) groups excluding carboxylic acids is 2. The summed E-state index contributed by atoms with van der Waals surface area (Å²) in [4.78, 5) is 27.6. The summed E-state index contributed by atoms with van der Waals surface area (Å²) in [5.74, 6) is -0.272. The Hall–Kier alpha value is -2.33. The van der Waals surface area contributed by atoms with Crippen molar-refractivity contribution in [2.45, 2.75) is 46.0 Å². The molecule has 4 nitrogen and oxygen atoms in total. The molecule has 0 saturated carbocycles. The number of amides is 2. The first-order valence-corrected chi connectivity index (χ1v) is 10.5. The number of aryl methyl sites for hydroxylation is 1. The number of hydrogen-bond donors (Lipinski definition) is 1. The third-order valence-corrected chi connectivity index (χ3v) is 5.73. The van der Waals surface area contributed by atoms with Gasteiger partial charge in [-0.1, -0.05) is 44.5 Å². The summed E-state index contributed by atoms with van der Waals surface area (Å²) in [5.41, 5.74) is 3.50. The SMILES string of the molecule is Cc1cc(Cl)ccc1C(=O)N1CCC[C@H](C(=O)Nc2cccc(C(C)(C)C)c2)C1. The summed E-state index contributed by atoms with van der Waals surface area (Å²) >= 11 is 6.01. The van der Waals surface area contributed by atoms with E-state index in [0.717, 1.165) is 24.1 Å². The molecule has 0 aromatic heterocycles. The largest absolute Gasteiger partial charge is 0.338 e. The number of piperidine rings is 1. The number of nitrogens with one attached hydrogen (secondary N) is 1. The monoisotopic (exact) mass is 412 g/mol. The Bertz CT molecular complexity index is 917. The predicted octanol–water partition coefficient (Wildman–Crippen LogP) is 5.44. The van der Waals surface area contributed by atoms with E-state index in [2.05, 4.69) is 32.2 Å². The van der Waals surface area contributed by atoms with Crippen molar-refractivity contribution in [3.8, 4) is 0 Å². The molecule has 2 aromatic carbocycles. The lowest BCUT2D eigenvalue weighted by molar-refractivity contribution is -0.121. The molecule has 0 aliphatic carbocycles. The molecule has 1 saturated heterocycles. The minimum absolute atomic E-state index is 0.0191. The minimum atomic E-state index is -0.210. The van der Waals surface area contributed by atoms with Gasteiger partial charge in [-0.3, -0.25) is 9.59 Å². The summed E-state index contributed by atoms with van der Waals surface area (Å²) in [6, 6.07) is 13.3. The van der Waals surface area contributed by atoms with Crippen LogP contribution >= 0.6 is 11.6 Å². The van der Waals surface area contributed by atoms with Crippen LogP contribution in [0, 0.1) is 12.8 Å². The van der Waals surface area contributed by atoms with Crippen LogP contribution in [0.5, 0.6) is 0 Å². The van der Waals surface area contributed by atoms with Crippen LogP contribution in [0.15, 0.2) is 42.5 Å². The van der Waals surface area contributed by atoms with Crippen molar-refractivity contribution in [3.63, 3.8) is 0 Å². The number of anilines is 1. The fourth-order valence-corrected chi connectivity index (χ4v) is 3.95. The normalized spacial score (nSPS) is 17.1. The molecule has 29 heavy (non-hydrogen) atoms. The molecule has 1 aliphatic rings. The third kappa shape index (κ3) is 5.18. The number of benzene rings is 2. The van der Waals surface area contributed by atoms with Gasteiger partial charge in [0.2, 0.25) is 5.91 Å². The van der Waals surface area contributed by atoms with Crippen LogP contribution in [0.1, 0.15) is 55.1 Å². The first-order chi connectivity index (χ1) is 13.6. The van der Waals surface area contributed by atoms with Crippen molar-refractivity contribution in [2.24, 2.45) is 5.92 Å². The Morgan fingerprint density at radius 1 is 1.14 bits per heavy atom. The molecular formula is C24H29ClN2O2. The van der Waals surface area contributed by atoms with Gasteiger partial charge in [0.25, 0.3) is 5.91 Å². The van der Waals surface area contributed by atoms with E-state index in [1.807, 2.05) is 25.1 Å². The molecule has 1 aliphatic heterocycles. The lowest BCUT2D eigenvalue weighted by Gasteiger charge is -2.32. The van der Waals surface area contributed by atoms with Gasteiger partial charge >= 0.3 is 0 Å². The molecule has 0 spiro atoms. The topological polar surface area (TPSA) is 49.4 Å². The van der Waals surface area contributed by atoms with Crippen molar-refractivity contribution in [3.05, 3.63) is 64.2 Å². The van der Waals surface area contributed by atoms with E-state index in [-0.39, 0.29) is 23.1 Å². The second-order valence-corrected chi connectivity index (χ2v) is 9.31. The number of likely N-dealkylation sites (tertiary alicyclic amines) is 1. The van der Waals surface area contributed by atoms with Crippen molar-refractivity contribution in [1.82, 2.24) is 4.90 Å². The van der Waals surface area contributed by atoms with Gasteiger partial charge in [0, 0.05) is 29.4 Å². The quantitative estimate of drug-likeness (QED) is 0.729. The molecule has 1 fully saturated rings. The van der Waals surface area contributed by atoms with Crippen LogP contribution < -0.4 is 5.32 Å². The average Bonchev–Trinajstić information content (AvgIpc) is 2.67. The zero-order chi connectivity index (χ0) is 21.2. The summed E-state index contributed by atoms with van der Waals surface area (Å²) in [7, 11) is 0. The lowest BCUT2D eigenvalue weighted by atomic mass is 9.87. The molecule has 1 heterocycles. The molecular weight excluding hydrogens is 384 g/mol. The standard InChI is InChI=1S/C24H29ClN2O2/c1-16-13-19(25)10-11-21(16)23(29)27-12-6-7-17(15-27)22(28)26-20-9-5-8-18(14-20)24(2,3)4/h5,8-11,13-14,17H,6-7,12,15H2,1-4H3,(H,26,28)/t17-/m0/s1. The van der Waals surface area contributed by atoms with Crippen LogP contribution in [0.4, 0.5) is 5.69 Å². The van der Waals surface area contributed by atoms with Crippen LogP contribution in [0.2, 0.25) is 5.02 Å². The Morgan fingerprint density at radius 3 is 2.59 bits per heavy atom. The molecule has 0 unspecified atom stereocenters. The van der Waals surface area contributed by atoms with E-state index < -0.39 is 0 Å². The first-order valence-electron chi connectivity index (χ1n) is 10.1. The fourth-order valence-electron chi connectivity index (χ4n) is 3.72. The first kappa shape index (κ1) is 21.4. The Balaban J connectivity index is 1.69. The van der Waals surface area contributed by atoms with E-state index in [0.29, 0.717) is 23.7 Å². The van der Waals surface area contributed by atoms with Crippen molar-refractivity contribution >= 4 is 29.1 Å². The second kappa shape index (κ2) is 8.58. The van der Waals surface area contributed by atoms with Crippen LogP contribution in [-0.2, 0) is 10.2 Å². The molecule has 0 radical (unpaired) electrons. The molecule has 5 heteroatoms. The average molecular weight is 413 g/mol. The maximum atomic E-state index is 13.0. The number of halogens is 1. The smallest absolute Gasteiger partial charge is 0.254 e. The van der Waals surface area contributed by atoms with Gasteiger partial charge in [0.15, 0.2) is 0 Å². The van der Waals surface area contributed by atoms with Gasteiger partial charge in [0.1, 0.15) is 0 Å². The highest BCUT2D eigenvalue weighted by Gasteiger charge is 2.29. The summed E-state index contributed by atoms with van der Waals surface area (Å²) < 4.78 is 0. The van der Waals surface area contributed by atoms with Crippen LogP contribution in [0.25, 0.3) is 0 Å². The minimum Gasteiger partial charge on any atom is -0.338 e. The molecule has 1 atom stereocenters. The number of hydrogen-bond acceptors (Lipinski definition) is 2. The van der Waals surface area contributed by atoms with E-state index in [1.165, 1.54) is 5.56 Å². The number of rotatable bonds is 3. The maximum Gasteiger partial charge on any atom is 0.254 e. The zero-order valence-electron chi connectivity index (χ0n) is 17.6. The molecule has 2 amide bonds. The lowest BCUT2D eigenvalue weighted by Crippen LogP contribution is -2.44. The highest BCUT2D eigenvalue weighted by atomic mass is 35.5. The highest BCUT2D eigenvalue weighted by Crippen LogP contribution is 2.26. The van der Waals surface area contributed by atoms with Crippen LogP contribution in [0.3, 0.4) is 0 Å². The summed E-state index contributed by atoms with van der Waals surface area (Å²) in [6.07, 6.45) is 1.60. The van der Waals surface area contributed by atoms with E-state index in [4.69, 9.17) is 11.6 Å². The molecule has 154 valence electrons. The maximum absolute atomic E-state index is 13.0. The summed E-state index contributed by atoms with van der Waals surface area (Å²) in [6.45, 7) is 9.44. The Kier molecular flexibility index (Phi) is 6.33. The van der Waals surface area contributed by atoms with E-state index in [1.54, 1.807) is 23.1 Å². The Labute approximate surface area is 178 Å². The van der Waals surface area contributed by atoms with Crippen molar-refractivity contribution < 1.29 is 9.59 Å². The molecule has 0 bridgehead atoms. The highest BCUT2D eigenvalue weighted by molar-refractivity contribution is 6.30. The van der Waals surface area contributed by atoms with Gasteiger partial charge in [0.05, 0.1) is 5.92 Å². The third-order valence-electron chi connectivity index (χ3n) is 5.49. The van der Waals surface area contributed by atoms with Gasteiger partial charge < -0.3 is 10.2 Å². The zero-order valence-corrected chi connectivity index (χ0v) is 18.3. The summed E-state index contributed by atoms with van der Waals surface area (Å²) in [5, 5.41) is 3.67. The fraction of sp³-hybridized carbons (Fsp3) is 0.417. The Morgan fingerprint density at radius 2 is 1.90 bits per heavy atom. The number of carbonyl (C=O) groups is 2. The van der Waals surface area contributed by atoms with Gasteiger partial charge in [-0.2, -0.15) is 0 Å². The second-order valence-electron chi connectivity index (χ2n) is 8.87. The predicted molar refractivity (Wildman–Crippen MR) is 119 cm³/mol. The van der Waals surface area contributed by atoms with Gasteiger partial charge in [-0.15, -0.1) is 0 Å². The van der Waals surface area contributed by atoms with E-state index in [9.17, 15) is 9.59 Å².